The Hall–Kier alpha value is -1.09. The molecule has 0 aromatic carbocycles. The van der Waals surface area contributed by atoms with Crippen LogP contribution in [0.2, 0.25) is 0 Å². The van der Waals surface area contributed by atoms with Gasteiger partial charge in [0.25, 0.3) is 0 Å². The highest BCUT2D eigenvalue weighted by Gasteiger charge is 2.58. The molecule has 12 heteroatoms. The van der Waals surface area contributed by atoms with Crippen molar-refractivity contribution < 1.29 is 33.1 Å². The highest BCUT2D eigenvalue weighted by atomic mass is 127. The van der Waals surface area contributed by atoms with Gasteiger partial charge in [0.1, 0.15) is 6.26 Å². The average Bonchev–Trinajstić information content (AvgIpc) is 3.40. The molecule has 1 aromatic heterocycles. The van der Waals surface area contributed by atoms with Gasteiger partial charge in [0.15, 0.2) is 5.69 Å². The van der Waals surface area contributed by atoms with Crippen LogP contribution in [0.3, 0.4) is 0 Å². The van der Waals surface area contributed by atoms with Gasteiger partial charge in [-0.3, -0.25) is 4.79 Å². The maximum Gasteiger partial charge on any atom is 0.330 e. The normalized spacial score (nSPS) is 22.2. The van der Waals surface area contributed by atoms with E-state index in [0.29, 0.717) is 24.5 Å². The summed E-state index contributed by atoms with van der Waals surface area (Å²) in [5.74, 6) is 6.15. The van der Waals surface area contributed by atoms with E-state index in [1.165, 1.54) is 37.8 Å². The van der Waals surface area contributed by atoms with Crippen LogP contribution in [-0.4, -0.2) is 43.0 Å². The molecule has 1 aliphatic carbocycles. The van der Waals surface area contributed by atoms with Crippen molar-refractivity contribution in [3.63, 3.8) is 0 Å². The molecule has 1 aromatic rings. The Morgan fingerprint density at radius 2 is 2.00 bits per heavy atom. The van der Waals surface area contributed by atoms with E-state index in [2.05, 4.69) is 72.3 Å². The summed E-state index contributed by atoms with van der Waals surface area (Å²) in [6, 6.07) is 0. The van der Waals surface area contributed by atoms with Gasteiger partial charge in [-0.05, 0) is 78.8 Å². The summed E-state index contributed by atoms with van der Waals surface area (Å²) in [6.07, 6.45) is 5.64. The third kappa shape index (κ3) is 5.88. The summed E-state index contributed by atoms with van der Waals surface area (Å²) in [5.41, 5.74) is -0.573. The van der Waals surface area contributed by atoms with Crippen LogP contribution < -0.4 is 0 Å². The molecule has 0 saturated carbocycles. The molecule has 3 rings (SSSR count). The van der Waals surface area contributed by atoms with Crippen molar-refractivity contribution >= 4 is 75.4 Å². The van der Waals surface area contributed by atoms with Crippen LogP contribution in [0.5, 0.6) is 0 Å². The first kappa shape index (κ1) is 25.5. The minimum Gasteiger partial charge on any atom is -0.466 e. The molecule has 2 heterocycles. The van der Waals surface area contributed by atoms with Crippen molar-refractivity contribution in [2.45, 2.75) is 24.7 Å². The quantitative estimate of drug-likeness (QED) is 0.149. The molecule has 1 spiro atoms. The number of hydrogen-bond acceptors (Lipinski definition) is 9. The van der Waals surface area contributed by atoms with Crippen molar-refractivity contribution in [1.82, 2.24) is 5.16 Å². The molecular formula is C20H16I2NO7PS. The second-order valence-corrected chi connectivity index (χ2v) is 24.0. The molecule has 1 atom stereocenters. The van der Waals surface area contributed by atoms with E-state index < -0.39 is 23.3 Å². The molecule has 1 saturated heterocycles. The molecule has 0 radical (unpaired) electrons. The average molecular weight is 699 g/mol. The maximum absolute atomic E-state index is 12.2. The number of methoxy groups -OCH3 is 1. The fraction of sp³-hybridized carbons (Fsp3) is 0.350. The van der Waals surface area contributed by atoms with E-state index in [0.717, 1.165) is 0 Å². The van der Waals surface area contributed by atoms with Crippen molar-refractivity contribution in [3.05, 3.63) is 35.7 Å². The van der Waals surface area contributed by atoms with Crippen molar-refractivity contribution in [3.8, 4) is 23.0 Å². The lowest BCUT2D eigenvalue weighted by Crippen LogP contribution is -2.48. The molecule has 32 heavy (non-hydrogen) atoms. The fourth-order valence-corrected chi connectivity index (χ4v) is 5.63. The molecule has 2 aliphatic rings. The lowest BCUT2D eigenvalue weighted by atomic mass is 9.75. The fourth-order valence-electron chi connectivity index (χ4n) is 3.30. The molecule has 0 N–H and O–H groups in total. The number of ether oxygens (including phenoxy) is 4. The van der Waals surface area contributed by atoms with E-state index in [4.69, 9.17) is 23.5 Å². The number of hydrogen-bond donors (Lipinski definition) is 0. The zero-order chi connectivity index (χ0) is 23.2. The first-order valence-electron chi connectivity index (χ1n) is 9.01. The van der Waals surface area contributed by atoms with Crippen LogP contribution in [0, 0.1) is 23.0 Å². The summed E-state index contributed by atoms with van der Waals surface area (Å²) in [7, 11) is 1.25. The Morgan fingerprint density at radius 1 is 1.28 bits per heavy atom. The highest BCUT2D eigenvalue weighted by Crippen LogP contribution is 2.64. The third-order valence-electron chi connectivity index (χ3n) is 4.37. The Kier molecular flexibility index (Phi) is 9.06. The van der Waals surface area contributed by atoms with Crippen LogP contribution >= 0.6 is 57.9 Å². The monoisotopic (exact) mass is 699 g/mol. The number of aromatic nitrogens is 1. The number of esters is 2. The summed E-state index contributed by atoms with van der Waals surface area (Å²) < 4.78 is 27.2. The maximum atomic E-state index is 12.2. The zero-order valence-electron chi connectivity index (χ0n) is 16.8. The first-order valence-corrected chi connectivity index (χ1v) is 17.3. The first-order chi connectivity index (χ1) is 15.3. The second kappa shape index (κ2) is 11.4. The summed E-state index contributed by atoms with van der Waals surface area (Å²) in [5, 5.41) is 6.99. The zero-order valence-corrected chi connectivity index (χ0v) is 22.9. The number of allylic oxidation sites excluding steroid dienone is 2. The predicted molar refractivity (Wildman–Crippen MR) is 136 cm³/mol. The highest BCUT2D eigenvalue weighted by molar-refractivity contribution is 14.3. The lowest BCUT2D eigenvalue weighted by molar-refractivity contribution is -0.202. The number of carbonyl (C=O) groups is 2. The van der Waals surface area contributed by atoms with Crippen LogP contribution in [0.1, 0.15) is 24.6 Å². The van der Waals surface area contributed by atoms with E-state index in [1.54, 1.807) is 12.2 Å². The number of carbonyl (C=O) groups excluding carboxylic acids is 2. The lowest BCUT2D eigenvalue weighted by Gasteiger charge is -2.41. The van der Waals surface area contributed by atoms with E-state index in [9.17, 15) is 9.59 Å². The van der Waals surface area contributed by atoms with Gasteiger partial charge in [-0.2, -0.15) is 0 Å². The van der Waals surface area contributed by atoms with E-state index in [-0.39, 0.29) is 14.4 Å². The number of nitrogens with zero attached hydrogens (tertiary/aromatic N) is 1. The molecule has 0 amide bonds. The Balaban J connectivity index is 2.10. The molecular weight excluding hydrogens is 683 g/mol. The molecule has 0 unspecified atom stereocenters. The Labute approximate surface area is 216 Å². The van der Waals surface area contributed by atoms with Gasteiger partial charge >= 0.3 is 11.9 Å². The van der Waals surface area contributed by atoms with Gasteiger partial charge in [-0.1, -0.05) is 17.0 Å². The standard InChI is InChI=1S/C20H16I2NO7PS/c1-14(24)30-19(7-5-3-4-6-10-32-31(21)22)13-20(27-8-9-28-20)18-15(12-29-23-18)16(19)11-17(25)26-2/h3-4,11-12H,8-9,13H2,1-2H3/b4-3-,16-11+/t19-/m0/s1. The van der Waals surface area contributed by atoms with Gasteiger partial charge < -0.3 is 23.5 Å². The molecule has 8 nitrogen and oxygen atoms in total. The SMILES string of the molecule is COC(=O)/C=C1\c2conc2C2(C[C@]1(C#C/C=C\C#CSP(I)I)OC(C)=O)OCCO2. The Bertz CT molecular complexity index is 1070. The minimum absolute atomic E-state index is 0.0434. The largest absolute Gasteiger partial charge is 0.466 e. The number of fused-ring (bicyclic) bond motifs is 2. The van der Waals surface area contributed by atoms with E-state index >= 15 is 0 Å². The smallest absolute Gasteiger partial charge is 0.330 e. The van der Waals surface area contributed by atoms with Gasteiger partial charge in [0.05, 0.1) is 34.7 Å². The van der Waals surface area contributed by atoms with Crippen LogP contribution in [0.15, 0.2) is 29.0 Å². The molecule has 168 valence electrons. The van der Waals surface area contributed by atoms with Crippen molar-refractivity contribution in [1.29, 1.82) is 0 Å². The summed E-state index contributed by atoms with van der Waals surface area (Å²) >= 11 is 6.17. The predicted octanol–water partition coefficient (Wildman–Crippen LogP) is 4.49. The van der Waals surface area contributed by atoms with Gasteiger partial charge in [0, 0.05) is 18.6 Å². The minimum atomic E-state index is -1.58. The summed E-state index contributed by atoms with van der Waals surface area (Å²) in [4.78, 5) is 24.3. The van der Waals surface area contributed by atoms with Gasteiger partial charge in [-0.15, -0.1) is 0 Å². The number of halogens is 2. The van der Waals surface area contributed by atoms with Crippen molar-refractivity contribution in [2.24, 2.45) is 0 Å². The van der Waals surface area contributed by atoms with Crippen LogP contribution in [0.25, 0.3) is 5.57 Å². The second-order valence-electron chi connectivity index (χ2n) is 6.35. The third-order valence-corrected chi connectivity index (χ3v) is 8.95. The topological polar surface area (TPSA) is 97.1 Å². The Morgan fingerprint density at radius 3 is 2.66 bits per heavy atom. The van der Waals surface area contributed by atoms with Crippen molar-refractivity contribution in [2.75, 3.05) is 20.3 Å². The van der Waals surface area contributed by atoms with Crippen LogP contribution in [-0.2, 0) is 34.3 Å². The van der Waals surface area contributed by atoms with E-state index in [1.807, 2.05) is 0 Å². The number of rotatable bonds is 3. The molecule has 0 bridgehead atoms. The van der Waals surface area contributed by atoms with Gasteiger partial charge in [-0.25, -0.2) is 4.79 Å². The molecule has 1 fully saturated rings. The van der Waals surface area contributed by atoms with Crippen LogP contribution in [0.4, 0.5) is 0 Å². The molecule has 1 aliphatic heterocycles. The van der Waals surface area contributed by atoms with Gasteiger partial charge in [0.2, 0.25) is 11.4 Å². The summed E-state index contributed by atoms with van der Waals surface area (Å²) in [6.45, 7) is 1.89.